The van der Waals surface area contributed by atoms with Gasteiger partial charge in [-0.3, -0.25) is 9.89 Å². The van der Waals surface area contributed by atoms with Crippen LogP contribution < -0.4 is 5.56 Å². The molecule has 6 rings (SSSR count). The van der Waals surface area contributed by atoms with Crippen LogP contribution in [0.5, 0.6) is 0 Å². The standard InChI is InChI=1S/C19H22N2O/c22-18-9-17(20-21(18)16-4-2-1-3-5-16)19-10-13-6-14(11-19)8-15(7-13)12-19/h1-5,9,13-15,20H,6-8,10-12H2. The van der Waals surface area contributed by atoms with Gasteiger partial charge in [0, 0.05) is 17.2 Å². The molecule has 1 N–H and O–H groups in total. The number of nitrogens with one attached hydrogen (secondary N) is 1. The Morgan fingerprint density at radius 3 is 2.14 bits per heavy atom. The zero-order valence-electron chi connectivity index (χ0n) is 12.8. The Kier molecular flexibility index (Phi) is 2.53. The molecule has 0 spiro atoms. The summed E-state index contributed by atoms with van der Waals surface area (Å²) in [6.45, 7) is 0. The molecule has 4 bridgehead atoms. The van der Waals surface area contributed by atoms with Crippen molar-refractivity contribution < 1.29 is 0 Å². The molecule has 2 aromatic rings. The molecule has 1 heterocycles. The first-order valence-corrected chi connectivity index (χ1v) is 8.60. The van der Waals surface area contributed by atoms with Crippen LogP contribution in [0.1, 0.15) is 44.2 Å². The van der Waals surface area contributed by atoms with E-state index in [1.807, 2.05) is 36.4 Å². The zero-order valence-corrected chi connectivity index (χ0v) is 12.8. The summed E-state index contributed by atoms with van der Waals surface area (Å²) in [6.07, 6.45) is 8.16. The Labute approximate surface area is 130 Å². The second kappa shape index (κ2) is 4.37. The highest BCUT2D eigenvalue weighted by atomic mass is 16.1. The minimum absolute atomic E-state index is 0.0805. The van der Waals surface area contributed by atoms with E-state index in [9.17, 15) is 4.79 Å². The molecule has 114 valence electrons. The molecule has 4 saturated carbocycles. The quantitative estimate of drug-likeness (QED) is 0.902. The number of rotatable bonds is 2. The molecule has 0 saturated heterocycles. The summed E-state index contributed by atoms with van der Waals surface area (Å²) in [5.74, 6) is 2.69. The molecular weight excluding hydrogens is 272 g/mol. The number of benzene rings is 1. The third-order valence-electron chi connectivity index (χ3n) is 6.34. The number of aromatic amines is 1. The van der Waals surface area contributed by atoms with Gasteiger partial charge in [-0.1, -0.05) is 18.2 Å². The second-order valence-electron chi connectivity index (χ2n) is 7.88. The lowest BCUT2D eigenvalue weighted by Crippen LogP contribution is -2.48. The summed E-state index contributed by atoms with van der Waals surface area (Å²) in [7, 11) is 0. The number of para-hydroxylation sites is 1. The first-order chi connectivity index (χ1) is 10.7. The maximum absolute atomic E-state index is 12.5. The fraction of sp³-hybridized carbons (Fsp3) is 0.526. The molecule has 3 heteroatoms. The highest BCUT2D eigenvalue weighted by Gasteiger charge is 2.52. The third-order valence-corrected chi connectivity index (χ3v) is 6.34. The van der Waals surface area contributed by atoms with E-state index in [1.165, 1.54) is 44.2 Å². The van der Waals surface area contributed by atoms with Crippen molar-refractivity contribution in [3.05, 3.63) is 52.4 Å². The lowest BCUT2D eigenvalue weighted by molar-refractivity contribution is -0.00734. The highest BCUT2D eigenvalue weighted by molar-refractivity contribution is 5.32. The van der Waals surface area contributed by atoms with Crippen molar-refractivity contribution in [3.8, 4) is 5.69 Å². The second-order valence-corrected chi connectivity index (χ2v) is 7.88. The molecule has 22 heavy (non-hydrogen) atoms. The Bertz CT molecular complexity index is 720. The van der Waals surface area contributed by atoms with E-state index in [-0.39, 0.29) is 11.0 Å². The van der Waals surface area contributed by atoms with Crippen LogP contribution >= 0.6 is 0 Å². The predicted molar refractivity (Wildman–Crippen MR) is 86.2 cm³/mol. The van der Waals surface area contributed by atoms with Crippen LogP contribution in [0.3, 0.4) is 0 Å². The van der Waals surface area contributed by atoms with E-state index < -0.39 is 0 Å². The summed E-state index contributed by atoms with van der Waals surface area (Å²) in [4.78, 5) is 12.5. The molecule has 1 aromatic carbocycles. The maximum Gasteiger partial charge on any atom is 0.271 e. The fourth-order valence-corrected chi connectivity index (χ4v) is 5.88. The minimum atomic E-state index is 0.0805. The molecule has 4 fully saturated rings. The normalized spacial score (nSPS) is 35.9. The van der Waals surface area contributed by atoms with Gasteiger partial charge in [0.1, 0.15) is 0 Å². The van der Waals surface area contributed by atoms with Crippen molar-refractivity contribution in [2.24, 2.45) is 17.8 Å². The predicted octanol–water partition coefficient (Wildman–Crippen LogP) is 3.63. The Morgan fingerprint density at radius 1 is 0.955 bits per heavy atom. The van der Waals surface area contributed by atoms with Gasteiger partial charge in [-0.15, -0.1) is 0 Å². The molecule has 1 aromatic heterocycles. The summed E-state index contributed by atoms with van der Waals surface area (Å²) in [5, 5.41) is 3.46. The molecular formula is C19H22N2O. The lowest BCUT2D eigenvalue weighted by Gasteiger charge is -2.56. The van der Waals surface area contributed by atoms with Crippen molar-refractivity contribution in [2.45, 2.75) is 43.9 Å². The molecule has 4 aliphatic carbocycles. The van der Waals surface area contributed by atoms with Crippen molar-refractivity contribution in [2.75, 3.05) is 0 Å². The number of hydrogen-bond donors (Lipinski definition) is 1. The van der Waals surface area contributed by atoms with Crippen molar-refractivity contribution in [3.63, 3.8) is 0 Å². The third kappa shape index (κ3) is 1.77. The average molecular weight is 294 g/mol. The Morgan fingerprint density at radius 2 is 1.55 bits per heavy atom. The van der Waals surface area contributed by atoms with E-state index in [2.05, 4.69) is 5.10 Å². The lowest BCUT2D eigenvalue weighted by atomic mass is 9.49. The highest BCUT2D eigenvalue weighted by Crippen LogP contribution is 2.60. The number of H-pyrrole nitrogens is 1. The molecule has 0 amide bonds. The van der Waals surface area contributed by atoms with Gasteiger partial charge in [0.2, 0.25) is 0 Å². The van der Waals surface area contributed by atoms with Gasteiger partial charge >= 0.3 is 0 Å². The van der Waals surface area contributed by atoms with E-state index in [0.29, 0.717) is 0 Å². The van der Waals surface area contributed by atoms with Gasteiger partial charge in [0.15, 0.2) is 0 Å². The van der Waals surface area contributed by atoms with Gasteiger partial charge < -0.3 is 0 Å². The monoisotopic (exact) mass is 294 g/mol. The first-order valence-electron chi connectivity index (χ1n) is 8.60. The summed E-state index contributed by atoms with van der Waals surface area (Å²) < 4.78 is 1.72. The van der Waals surface area contributed by atoms with Crippen LogP contribution in [0.2, 0.25) is 0 Å². The van der Waals surface area contributed by atoms with E-state index in [1.54, 1.807) is 4.68 Å². The van der Waals surface area contributed by atoms with E-state index in [4.69, 9.17) is 0 Å². The topological polar surface area (TPSA) is 37.8 Å². The fourth-order valence-electron chi connectivity index (χ4n) is 5.88. The molecule has 0 radical (unpaired) electrons. The Hall–Kier alpha value is -1.77. The van der Waals surface area contributed by atoms with Crippen molar-refractivity contribution in [1.82, 2.24) is 9.78 Å². The van der Waals surface area contributed by atoms with E-state index >= 15 is 0 Å². The summed E-state index contributed by atoms with van der Waals surface area (Å²) in [5.41, 5.74) is 2.47. The SMILES string of the molecule is O=c1cc(C23CC4CC(CC(C4)C2)C3)[nH]n1-c1ccccc1. The van der Waals surface area contributed by atoms with Gasteiger partial charge in [-0.2, -0.15) is 0 Å². The van der Waals surface area contributed by atoms with Crippen molar-refractivity contribution in [1.29, 1.82) is 0 Å². The molecule has 0 unspecified atom stereocenters. The van der Waals surface area contributed by atoms with Crippen LogP contribution in [-0.2, 0) is 5.41 Å². The minimum Gasteiger partial charge on any atom is -0.294 e. The van der Waals surface area contributed by atoms with Gasteiger partial charge in [0.25, 0.3) is 5.56 Å². The molecule has 4 aliphatic rings. The molecule has 0 atom stereocenters. The van der Waals surface area contributed by atoms with Crippen LogP contribution in [0.15, 0.2) is 41.2 Å². The van der Waals surface area contributed by atoms with Gasteiger partial charge in [-0.25, -0.2) is 4.68 Å². The smallest absolute Gasteiger partial charge is 0.271 e. The number of hydrogen-bond acceptors (Lipinski definition) is 1. The van der Waals surface area contributed by atoms with Crippen LogP contribution in [-0.4, -0.2) is 9.78 Å². The number of aromatic nitrogens is 2. The summed E-state index contributed by atoms with van der Waals surface area (Å²) >= 11 is 0. The van der Waals surface area contributed by atoms with Gasteiger partial charge in [0.05, 0.1) is 5.69 Å². The van der Waals surface area contributed by atoms with Crippen LogP contribution in [0.4, 0.5) is 0 Å². The van der Waals surface area contributed by atoms with E-state index in [0.717, 1.165) is 23.4 Å². The zero-order chi connectivity index (χ0) is 14.7. The average Bonchev–Trinajstić information content (AvgIpc) is 2.90. The maximum atomic E-state index is 12.5. The Balaban J connectivity index is 1.58. The number of nitrogens with zero attached hydrogens (tertiary/aromatic N) is 1. The largest absolute Gasteiger partial charge is 0.294 e. The van der Waals surface area contributed by atoms with Crippen LogP contribution in [0, 0.1) is 17.8 Å². The first kappa shape index (κ1) is 12.7. The van der Waals surface area contributed by atoms with Crippen molar-refractivity contribution >= 4 is 0 Å². The summed E-state index contributed by atoms with van der Waals surface area (Å²) in [6, 6.07) is 11.8. The molecule has 0 aliphatic heterocycles. The molecule has 3 nitrogen and oxygen atoms in total. The van der Waals surface area contributed by atoms with Crippen LogP contribution in [0.25, 0.3) is 5.69 Å². The van der Waals surface area contributed by atoms with Gasteiger partial charge in [-0.05, 0) is 68.4 Å².